The molecule has 1 rings (SSSR count). The van der Waals surface area contributed by atoms with Crippen LogP contribution in [0.15, 0.2) is 29.2 Å². The molecular weight excluding hydrogens is 324 g/mol. The molecule has 136 valence electrons. The molecule has 0 unspecified atom stereocenters. The van der Waals surface area contributed by atoms with E-state index in [4.69, 9.17) is 5.14 Å². The zero-order valence-electron chi connectivity index (χ0n) is 14.6. The second-order valence-electron chi connectivity index (χ2n) is 6.19. The molecule has 0 saturated carbocycles. The monoisotopic (exact) mass is 354 g/mol. The summed E-state index contributed by atoms with van der Waals surface area (Å²) in [6, 6.07) is 6.23. The number of amides is 1. The summed E-state index contributed by atoms with van der Waals surface area (Å²) >= 11 is 0. The summed E-state index contributed by atoms with van der Waals surface area (Å²) in [5.74, 6) is 0.0384. The molecule has 6 heteroatoms. The normalized spacial score (nSPS) is 11.4. The van der Waals surface area contributed by atoms with E-state index < -0.39 is 10.0 Å². The average Bonchev–Trinajstić information content (AvgIpc) is 2.55. The second kappa shape index (κ2) is 11.2. The molecule has 0 heterocycles. The molecule has 3 N–H and O–H groups in total. The van der Waals surface area contributed by atoms with E-state index in [0.717, 1.165) is 18.4 Å². The Morgan fingerprint density at radius 1 is 0.958 bits per heavy atom. The van der Waals surface area contributed by atoms with Gasteiger partial charge in [0.2, 0.25) is 15.9 Å². The van der Waals surface area contributed by atoms with Crippen molar-refractivity contribution >= 4 is 15.9 Å². The van der Waals surface area contributed by atoms with Crippen molar-refractivity contribution in [3.63, 3.8) is 0 Å². The molecule has 0 fully saturated rings. The minimum absolute atomic E-state index is 0.0384. The molecule has 0 bridgehead atoms. The molecule has 5 nitrogen and oxygen atoms in total. The van der Waals surface area contributed by atoms with Crippen LogP contribution in [0, 0.1) is 0 Å². The van der Waals surface area contributed by atoms with Crippen molar-refractivity contribution in [2.24, 2.45) is 5.14 Å². The molecule has 24 heavy (non-hydrogen) atoms. The first-order chi connectivity index (χ1) is 11.4. The third-order valence-electron chi connectivity index (χ3n) is 4.00. The molecule has 0 aromatic heterocycles. The predicted molar refractivity (Wildman–Crippen MR) is 96.9 cm³/mol. The van der Waals surface area contributed by atoms with Gasteiger partial charge in [0.15, 0.2) is 0 Å². The van der Waals surface area contributed by atoms with E-state index in [9.17, 15) is 13.2 Å². The van der Waals surface area contributed by atoms with Crippen molar-refractivity contribution in [2.45, 2.75) is 76.2 Å². The number of rotatable bonds is 12. The van der Waals surface area contributed by atoms with Crippen LogP contribution in [-0.4, -0.2) is 14.3 Å². The van der Waals surface area contributed by atoms with Crippen molar-refractivity contribution in [1.29, 1.82) is 0 Å². The first kappa shape index (κ1) is 20.6. The summed E-state index contributed by atoms with van der Waals surface area (Å²) in [6.07, 6.45) is 10.2. The van der Waals surface area contributed by atoms with Gasteiger partial charge in [-0.1, -0.05) is 64.0 Å². The van der Waals surface area contributed by atoms with Crippen LogP contribution in [0.2, 0.25) is 0 Å². The molecule has 0 radical (unpaired) electrons. The number of unbranched alkanes of at least 4 members (excludes halogenated alkanes) is 7. The first-order valence-electron chi connectivity index (χ1n) is 8.82. The van der Waals surface area contributed by atoms with E-state index in [1.807, 2.05) is 0 Å². The number of primary sulfonamides is 1. The van der Waals surface area contributed by atoms with E-state index in [-0.39, 0.29) is 10.8 Å². The Balaban J connectivity index is 2.13. The maximum absolute atomic E-state index is 11.8. The lowest BCUT2D eigenvalue weighted by atomic mass is 10.1. The maximum Gasteiger partial charge on any atom is 0.238 e. The molecular formula is C18H30N2O3S. The van der Waals surface area contributed by atoms with E-state index in [1.54, 1.807) is 12.1 Å². The van der Waals surface area contributed by atoms with Gasteiger partial charge in [-0.2, -0.15) is 0 Å². The lowest BCUT2D eigenvalue weighted by Gasteiger charge is -2.06. The van der Waals surface area contributed by atoms with Gasteiger partial charge in [-0.25, -0.2) is 13.6 Å². The molecule has 0 aliphatic rings. The summed E-state index contributed by atoms with van der Waals surface area (Å²) in [6.45, 7) is 2.62. The highest BCUT2D eigenvalue weighted by Gasteiger charge is 2.07. The smallest absolute Gasteiger partial charge is 0.238 e. The van der Waals surface area contributed by atoms with Gasteiger partial charge >= 0.3 is 0 Å². The van der Waals surface area contributed by atoms with E-state index in [0.29, 0.717) is 13.0 Å². The van der Waals surface area contributed by atoms with Crippen LogP contribution in [-0.2, 0) is 21.4 Å². The number of benzene rings is 1. The number of hydrogen-bond donors (Lipinski definition) is 2. The van der Waals surface area contributed by atoms with Crippen LogP contribution < -0.4 is 10.5 Å². The molecule has 0 aliphatic heterocycles. The Bertz CT molecular complexity index is 583. The Hall–Kier alpha value is -1.40. The number of sulfonamides is 1. The lowest BCUT2D eigenvalue weighted by Crippen LogP contribution is -2.22. The summed E-state index contributed by atoms with van der Waals surface area (Å²) in [5.41, 5.74) is 0.853. The summed E-state index contributed by atoms with van der Waals surface area (Å²) in [7, 11) is -3.66. The number of hydrogen-bond acceptors (Lipinski definition) is 3. The zero-order chi connectivity index (χ0) is 17.8. The van der Waals surface area contributed by atoms with Gasteiger partial charge in [0, 0.05) is 13.0 Å². The third-order valence-corrected chi connectivity index (χ3v) is 4.93. The number of carbonyl (C=O) groups excluding carboxylic acids is 1. The highest BCUT2D eigenvalue weighted by atomic mass is 32.2. The fourth-order valence-corrected chi connectivity index (χ4v) is 3.02. The van der Waals surface area contributed by atoms with Crippen LogP contribution in [0.3, 0.4) is 0 Å². The van der Waals surface area contributed by atoms with Gasteiger partial charge < -0.3 is 5.32 Å². The van der Waals surface area contributed by atoms with Crippen LogP contribution in [0.25, 0.3) is 0 Å². The lowest BCUT2D eigenvalue weighted by molar-refractivity contribution is -0.121. The highest BCUT2D eigenvalue weighted by molar-refractivity contribution is 7.89. The molecule has 0 aliphatic carbocycles. The Kier molecular flexibility index (Phi) is 9.64. The third kappa shape index (κ3) is 9.03. The predicted octanol–water partition coefficient (Wildman–Crippen LogP) is 3.48. The van der Waals surface area contributed by atoms with Gasteiger partial charge in [0.25, 0.3) is 0 Å². The van der Waals surface area contributed by atoms with Gasteiger partial charge in [0.1, 0.15) is 0 Å². The molecule has 0 atom stereocenters. The highest BCUT2D eigenvalue weighted by Crippen LogP contribution is 2.10. The second-order valence-corrected chi connectivity index (χ2v) is 7.75. The van der Waals surface area contributed by atoms with Crippen LogP contribution in [0.1, 0.15) is 70.3 Å². The van der Waals surface area contributed by atoms with Gasteiger partial charge in [-0.3, -0.25) is 4.79 Å². The summed E-state index contributed by atoms with van der Waals surface area (Å²) in [5, 5.41) is 7.90. The zero-order valence-corrected chi connectivity index (χ0v) is 15.4. The van der Waals surface area contributed by atoms with Gasteiger partial charge in [0.05, 0.1) is 4.90 Å². The van der Waals surface area contributed by atoms with Crippen molar-refractivity contribution in [3.05, 3.63) is 29.8 Å². The minimum atomic E-state index is -3.66. The fourth-order valence-electron chi connectivity index (χ4n) is 2.51. The number of nitrogens with two attached hydrogens (primary N) is 1. The van der Waals surface area contributed by atoms with E-state index >= 15 is 0 Å². The van der Waals surface area contributed by atoms with Crippen molar-refractivity contribution in [2.75, 3.05) is 0 Å². The fraction of sp³-hybridized carbons (Fsp3) is 0.611. The number of carbonyl (C=O) groups is 1. The number of nitrogens with one attached hydrogen (secondary N) is 1. The quantitative estimate of drug-likeness (QED) is 0.563. The topological polar surface area (TPSA) is 89.3 Å². The molecule has 0 spiro atoms. The van der Waals surface area contributed by atoms with Crippen molar-refractivity contribution < 1.29 is 13.2 Å². The molecule has 1 amide bonds. The largest absolute Gasteiger partial charge is 0.352 e. The standard InChI is InChI=1S/C18H30N2O3S/c1-2-3-4-5-6-7-8-9-10-18(21)20-15-16-11-13-17(14-12-16)24(19,22)23/h11-14H,2-10,15H2,1H3,(H,20,21)(H2,19,22,23). The van der Waals surface area contributed by atoms with Gasteiger partial charge in [-0.15, -0.1) is 0 Å². The van der Waals surface area contributed by atoms with E-state index in [2.05, 4.69) is 12.2 Å². The SMILES string of the molecule is CCCCCCCCCCC(=O)NCc1ccc(S(N)(=O)=O)cc1. The minimum Gasteiger partial charge on any atom is -0.352 e. The molecule has 0 saturated heterocycles. The molecule has 1 aromatic carbocycles. The van der Waals surface area contributed by atoms with Crippen LogP contribution >= 0.6 is 0 Å². The Morgan fingerprint density at radius 2 is 1.50 bits per heavy atom. The molecule has 1 aromatic rings. The summed E-state index contributed by atoms with van der Waals surface area (Å²) < 4.78 is 22.3. The Morgan fingerprint density at radius 3 is 2.04 bits per heavy atom. The Labute approximate surface area is 146 Å². The summed E-state index contributed by atoms with van der Waals surface area (Å²) in [4.78, 5) is 11.9. The van der Waals surface area contributed by atoms with Crippen LogP contribution in [0.5, 0.6) is 0 Å². The average molecular weight is 355 g/mol. The van der Waals surface area contributed by atoms with Crippen molar-refractivity contribution in [1.82, 2.24) is 5.32 Å². The van der Waals surface area contributed by atoms with Gasteiger partial charge in [-0.05, 0) is 24.1 Å². The van der Waals surface area contributed by atoms with Crippen molar-refractivity contribution in [3.8, 4) is 0 Å². The van der Waals surface area contributed by atoms with Crippen LogP contribution in [0.4, 0.5) is 0 Å². The first-order valence-corrected chi connectivity index (χ1v) is 10.4. The van der Waals surface area contributed by atoms with E-state index in [1.165, 1.54) is 50.7 Å². The maximum atomic E-state index is 11.8.